The molecule has 0 radical (unpaired) electrons. The van der Waals surface area contributed by atoms with E-state index in [9.17, 15) is 0 Å². The van der Waals surface area contributed by atoms with Crippen molar-refractivity contribution in [2.75, 3.05) is 43.6 Å². The molecule has 30 heavy (non-hydrogen) atoms. The average Bonchev–Trinajstić information content (AvgIpc) is 3.23. The Balaban J connectivity index is 1.43. The molecule has 0 saturated carbocycles. The molecule has 5 rings (SSSR count). The lowest BCUT2D eigenvalue weighted by molar-refractivity contribution is 0.122. The smallest absolute Gasteiger partial charge is 0.227 e. The molecule has 1 N–H and O–H groups in total. The summed E-state index contributed by atoms with van der Waals surface area (Å²) in [5.74, 6) is 2.16. The quantitative estimate of drug-likeness (QED) is 0.544. The maximum atomic E-state index is 5.42. The van der Waals surface area contributed by atoms with Crippen LogP contribution in [0.2, 0.25) is 0 Å². The first-order valence-electron chi connectivity index (χ1n) is 9.72. The van der Waals surface area contributed by atoms with Gasteiger partial charge in [-0.2, -0.15) is 5.10 Å². The molecular weight excluding hydrogens is 382 g/mol. The highest BCUT2D eigenvalue weighted by atomic mass is 16.5. The lowest BCUT2D eigenvalue weighted by Crippen LogP contribution is -2.37. The number of fused-ring (bicyclic) bond motifs is 1. The molecule has 1 aliphatic heterocycles. The monoisotopic (exact) mass is 403 g/mol. The van der Waals surface area contributed by atoms with Crippen LogP contribution >= 0.6 is 0 Å². The van der Waals surface area contributed by atoms with Gasteiger partial charge in [-0.25, -0.2) is 9.97 Å². The SMILES string of the molecule is COc1cccc(Nc2nccc(-c3cnn4nc(N5CCOCC5)ccc34)n2)c1. The molecule has 4 aromatic rings. The third-order valence-corrected chi connectivity index (χ3v) is 4.97. The highest BCUT2D eigenvalue weighted by molar-refractivity contribution is 5.78. The van der Waals surface area contributed by atoms with E-state index < -0.39 is 0 Å². The molecule has 0 unspecified atom stereocenters. The first-order chi connectivity index (χ1) is 14.8. The van der Waals surface area contributed by atoms with Crippen LogP contribution in [0.5, 0.6) is 5.75 Å². The number of rotatable bonds is 5. The second-order valence-electron chi connectivity index (χ2n) is 6.85. The summed E-state index contributed by atoms with van der Waals surface area (Å²) < 4.78 is 12.3. The zero-order chi connectivity index (χ0) is 20.3. The Kier molecular flexibility index (Phi) is 4.86. The molecule has 0 aliphatic carbocycles. The van der Waals surface area contributed by atoms with E-state index in [1.165, 1.54) is 0 Å². The number of nitrogens with zero attached hydrogens (tertiary/aromatic N) is 6. The summed E-state index contributed by atoms with van der Waals surface area (Å²) >= 11 is 0. The number of methoxy groups -OCH3 is 1. The summed E-state index contributed by atoms with van der Waals surface area (Å²) in [6.07, 6.45) is 3.51. The summed E-state index contributed by atoms with van der Waals surface area (Å²) in [6, 6.07) is 13.5. The Morgan fingerprint density at radius 2 is 2.00 bits per heavy atom. The van der Waals surface area contributed by atoms with Crippen LogP contribution in [0, 0.1) is 0 Å². The zero-order valence-corrected chi connectivity index (χ0v) is 16.5. The van der Waals surface area contributed by atoms with E-state index in [2.05, 4.69) is 30.4 Å². The summed E-state index contributed by atoms with van der Waals surface area (Å²) in [7, 11) is 1.64. The van der Waals surface area contributed by atoms with Gasteiger partial charge < -0.3 is 19.7 Å². The number of hydrogen-bond acceptors (Lipinski definition) is 8. The molecule has 0 atom stereocenters. The van der Waals surface area contributed by atoms with Gasteiger partial charge in [0.05, 0.1) is 37.7 Å². The fourth-order valence-electron chi connectivity index (χ4n) is 3.43. The second kappa shape index (κ2) is 7.96. The topological polar surface area (TPSA) is 89.7 Å². The van der Waals surface area contributed by atoms with Crippen molar-refractivity contribution in [3.05, 3.63) is 54.9 Å². The third-order valence-electron chi connectivity index (χ3n) is 4.97. The standard InChI is InChI=1S/C21H21N7O2/c1-29-16-4-2-3-15(13-16)24-21-22-8-7-18(25-21)17-14-23-28-19(17)5-6-20(26-28)27-9-11-30-12-10-27/h2-8,13-14H,9-12H2,1H3,(H,22,24,25). The number of benzene rings is 1. The molecule has 3 aromatic heterocycles. The Morgan fingerprint density at radius 3 is 2.87 bits per heavy atom. The molecule has 9 heteroatoms. The molecule has 152 valence electrons. The van der Waals surface area contributed by atoms with E-state index in [0.29, 0.717) is 19.2 Å². The normalized spacial score (nSPS) is 14.1. The van der Waals surface area contributed by atoms with Crippen LogP contribution in [-0.2, 0) is 4.74 Å². The van der Waals surface area contributed by atoms with Crippen molar-refractivity contribution in [2.24, 2.45) is 0 Å². The van der Waals surface area contributed by atoms with E-state index in [1.807, 2.05) is 42.5 Å². The number of ether oxygens (including phenoxy) is 2. The molecule has 4 heterocycles. The van der Waals surface area contributed by atoms with Crippen LogP contribution in [0.25, 0.3) is 16.8 Å². The van der Waals surface area contributed by atoms with Crippen LogP contribution in [0.4, 0.5) is 17.5 Å². The molecule has 0 bridgehead atoms. The van der Waals surface area contributed by atoms with Crippen LogP contribution in [0.15, 0.2) is 54.9 Å². The van der Waals surface area contributed by atoms with Crippen molar-refractivity contribution >= 4 is 23.0 Å². The van der Waals surface area contributed by atoms with Crippen molar-refractivity contribution in [3.63, 3.8) is 0 Å². The summed E-state index contributed by atoms with van der Waals surface area (Å²) in [4.78, 5) is 11.2. The van der Waals surface area contributed by atoms with E-state index in [0.717, 1.165) is 47.1 Å². The fraction of sp³-hybridized carbons (Fsp3) is 0.238. The van der Waals surface area contributed by atoms with Crippen LogP contribution in [0.1, 0.15) is 0 Å². The number of nitrogens with one attached hydrogen (secondary N) is 1. The van der Waals surface area contributed by atoms with Gasteiger partial charge >= 0.3 is 0 Å². The van der Waals surface area contributed by atoms with Crippen molar-refractivity contribution in [3.8, 4) is 17.0 Å². The number of hydrogen-bond donors (Lipinski definition) is 1. The lowest BCUT2D eigenvalue weighted by atomic mass is 10.2. The molecule has 1 aromatic carbocycles. The highest BCUT2D eigenvalue weighted by Crippen LogP contribution is 2.25. The minimum atomic E-state index is 0.498. The van der Waals surface area contributed by atoms with Crippen LogP contribution in [0.3, 0.4) is 0 Å². The molecule has 0 spiro atoms. The Hall–Kier alpha value is -3.72. The minimum Gasteiger partial charge on any atom is -0.497 e. The lowest BCUT2D eigenvalue weighted by Gasteiger charge is -2.27. The van der Waals surface area contributed by atoms with Gasteiger partial charge in [-0.1, -0.05) is 6.07 Å². The van der Waals surface area contributed by atoms with Crippen molar-refractivity contribution in [1.29, 1.82) is 0 Å². The zero-order valence-electron chi connectivity index (χ0n) is 16.5. The van der Waals surface area contributed by atoms with Gasteiger partial charge in [0.15, 0.2) is 5.82 Å². The molecule has 1 fully saturated rings. The maximum absolute atomic E-state index is 5.42. The van der Waals surface area contributed by atoms with Gasteiger partial charge in [0.25, 0.3) is 0 Å². The Bertz CT molecular complexity index is 1170. The Labute approximate surface area is 173 Å². The van der Waals surface area contributed by atoms with E-state index in [-0.39, 0.29) is 0 Å². The fourth-order valence-corrected chi connectivity index (χ4v) is 3.43. The second-order valence-corrected chi connectivity index (χ2v) is 6.85. The highest BCUT2D eigenvalue weighted by Gasteiger charge is 2.15. The molecule has 9 nitrogen and oxygen atoms in total. The van der Waals surface area contributed by atoms with Crippen molar-refractivity contribution < 1.29 is 9.47 Å². The van der Waals surface area contributed by atoms with Gasteiger partial charge in [0.1, 0.15) is 5.75 Å². The Morgan fingerprint density at radius 1 is 1.10 bits per heavy atom. The molecule has 1 saturated heterocycles. The van der Waals surface area contributed by atoms with Gasteiger partial charge in [-0.05, 0) is 30.3 Å². The summed E-state index contributed by atoms with van der Waals surface area (Å²) in [5.41, 5.74) is 3.40. The van der Waals surface area contributed by atoms with Crippen LogP contribution < -0.4 is 15.0 Å². The van der Waals surface area contributed by atoms with Crippen molar-refractivity contribution in [1.82, 2.24) is 24.8 Å². The predicted octanol–water partition coefficient (Wildman–Crippen LogP) is 2.78. The molecular formula is C21H21N7O2. The molecule has 1 aliphatic rings. The van der Waals surface area contributed by atoms with Gasteiger partial charge in [0, 0.05) is 36.6 Å². The molecule has 0 amide bonds. The predicted molar refractivity (Wildman–Crippen MR) is 113 cm³/mol. The summed E-state index contributed by atoms with van der Waals surface area (Å²) in [5, 5.41) is 12.3. The minimum absolute atomic E-state index is 0.498. The first kappa shape index (κ1) is 18.3. The van der Waals surface area contributed by atoms with E-state index in [4.69, 9.17) is 9.47 Å². The maximum Gasteiger partial charge on any atom is 0.227 e. The summed E-state index contributed by atoms with van der Waals surface area (Å²) in [6.45, 7) is 3.10. The van der Waals surface area contributed by atoms with E-state index >= 15 is 0 Å². The number of anilines is 3. The largest absolute Gasteiger partial charge is 0.497 e. The van der Waals surface area contributed by atoms with Gasteiger partial charge in [-0.3, -0.25) is 0 Å². The average molecular weight is 403 g/mol. The van der Waals surface area contributed by atoms with Gasteiger partial charge in [0.2, 0.25) is 5.95 Å². The number of aromatic nitrogens is 5. The number of morpholine rings is 1. The third kappa shape index (κ3) is 3.62. The van der Waals surface area contributed by atoms with E-state index in [1.54, 1.807) is 24.1 Å². The van der Waals surface area contributed by atoms with Crippen molar-refractivity contribution in [2.45, 2.75) is 0 Å². The van der Waals surface area contributed by atoms with Crippen LogP contribution in [-0.4, -0.2) is 58.2 Å². The first-order valence-corrected chi connectivity index (χ1v) is 9.72. The van der Waals surface area contributed by atoms with Gasteiger partial charge in [-0.15, -0.1) is 9.73 Å².